The molecule has 0 aliphatic rings. The van der Waals surface area contributed by atoms with Gasteiger partial charge in [-0.05, 0) is 43.5 Å². The minimum absolute atomic E-state index is 0. The third-order valence-corrected chi connectivity index (χ3v) is 4.36. The molecule has 0 radical (unpaired) electrons. The maximum Gasteiger partial charge on any atom is 0.190 e. The normalized spacial score (nSPS) is 10.9. The van der Waals surface area contributed by atoms with E-state index in [2.05, 4.69) is 33.7 Å². The monoisotopic (exact) mass is 513 g/mol. The number of hydrogen-bond donors (Lipinski definition) is 3. The van der Waals surface area contributed by atoms with Crippen molar-refractivity contribution in [3.63, 3.8) is 0 Å². The predicted molar refractivity (Wildman–Crippen MR) is 125 cm³/mol. The number of aromatic nitrogens is 2. The summed E-state index contributed by atoms with van der Waals surface area (Å²) in [4.78, 5) is 4.20. The predicted octanol–water partition coefficient (Wildman–Crippen LogP) is 3.37. The highest BCUT2D eigenvalue weighted by molar-refractivity contribution is 14.0. The van der Waals surface area contributed by atoms with E-state index in [0.717, 1.165) is 25.3 Å². The van der Waals surface area contributed by atoms with E-state index in [4.69, 9.17) is 5.73 Å². The zero-order valence-electron chi connectivity index (χ0n) is 16.9. The number of hydrogen-bond acceptors (Lipinski definition) is 4. The molecule has 7 nitrogen and oxygen atoms in total. The van der Waals surface area contributed by atoms with E-state index in [-0.39, 0.29) is 35.6 Å². The number of anilines is 1. The van der Waals surface area contributed by atoms with Crippen LogP contribution in [0.1, 0.15) is 43.9 Å². The Morgan fingerprint density at radius 2 is 1.86 bits per heavy atom. The lowest BCUT2D eigenvalue weighted by Crippen LogP contribution is -2.38. The molecule has 0 saturated carbocycles. The summed E-state index contributed by atoms with van der Waals surface area (Å²) < 4.78 is 14.6. The van der Waals surface area contributed by atoms with Gasteiger partial charge in [-0.25, -0.2) is 9.07 Å². The van der Waals surface area contributed by atoms with E-state index >= 15 is 0 Å². The van der Waals surface area contributed by atoms with Gasteiger partial charge in [0.2, 0.25) is 0 Å². The highest BCUT2D eigenvalue weighted by atomic mass is 127. The molecule has 2 aromatic rings. The Morgan fingerprint density at radius 3 is 2.45 bits per heavy atom. The Hall–Kier alpha value is -2.35. The molecule has 1 aromatic heterocycles. The zero-order chi connectivity index (χ0) is 20.4. The number of nitriles is 1. The highest BCUT2D eigenvalue weighted by Crippen LogP contribution is 2.21. The number of nitrogens with zero attached hydrogens (tertiary/aromatic N) is 4. The molecule has 0 saturated heterocycles. The Labute approximate surface area is 188 Å². The van der Waals surface area contributed by atoms with Crippen LogP contribution in [-0.4, -0.2) is 35.9 Å². The molecule has 0 amide bonds. The Balaban J connectivity index is 0.00000420. The smallest absolute Gasteiger partial charge is 0.190 e. The lowest BCUT2D eigenvalue weighted by atomic mass is 10.1. The third-order valence-electron chi connectivity index (χ3n) is 4.36. The number of aliphatic imine (C=N–C) groups is 1. The maximum absolute atomic E-state index is 13.1. The molecule has 0 spiro atoms. The average molecular weight is 513 g/mol. The van der Waals surface area contributed by atoms with Crippen LogP contribution in [0.15, 0.2) is 29.3 Å². The van der Waals surface area contributed by atoms with Crippen LogP contribution in [0.4, 0.5) is 10.2 Å². The molecule has 0 aliphatic carbocycles. The number of nitrogens with two attached hydrogens (primary N) is 1. The third kappa shape index (κ3) is 7.20. The number of benzene rings is 1. The number of nitrogen functional groups attached to an aromatic ring is 1. The SMILES string of the molecule is CCCCCNC(=NC)NCCCc1nn(-c2ccc(F)cc2)c(N)c1C#N.I. The van der Waals surface area contributed by atoms with E-state index in [0.29, 0.717) is 29.9 Å². The molecule has 1 heterocycles. The summed E-state index contributed by atoms with van der Waals surface area (Å²) in [6.07, 6.45) is 4.86. The molecule has 4 N–H and O–H groups in total. The molecule has 9 heteroatoms. The van der Waals surface area contributed by atoms with Gasteiger partial charge < -0.3 is 16.4 Å². The molecule has 0 unspecified atom stereocenters. The van der Waals surface area contributed by atoms with Crippen LogP contribution in [0, 0.1) is 17.1 Å². The summed E-state index contributed by atoms with van der Waals surface area (Å²) >= 11 is 0. The summed E-state index contributed by atoms with van der Waals surface area (Å²) in [6, 6.07) is 7.97. The largest absolute Gasteiger partial charge is 0.382 e. The number of unbranched alkanes of at least 4 members (excludes halogenated alkanes) is 2. The minimum atomic E-state index is -0.335. The molecule has 0 aliphatic heterocycles. The van der Waals surface area contributed by atoms with Crippen LogP contribution in [0.25, 0.3) is 5.69 Å². The fourth-order valence-electron chi connectivity index (χ4n) is 2.82. The van der Waals surface area contributed by atoms with Gasteiger partial charge in [-0.2, -0.15) is 10.4 Å². The van der Waals surface area contributed by atoms with Gasteiger partial charge >= 0.3 is 0 Å². The van der Waals surface area contributed by atoms with Crippen molar-refractivity contribution in [2.45, 2.75) is 39.0 Å². The van der Waals surface area contributed by atoms with Gasteiger partial charge in [0.15, 0.2) is 5.96 Å². The number of rotatable bonds is 9. The van der Waals surface area contributed by atoms with Crippen LogP contribution in [0.2, 0.25) is 0 Å². The first kappa shape index (κ1) is 24.7. The Kier molecular flexibility index (Phi) is 11.1. The maximum atomic E-state index is 13.1. The standard InChI is InChI=1S/C20H28FN7.HI/c1-3-4-5-12-25-20(24-2)26-13-6-7-18-17(14-22)19(23)28(27-18)16-10-8-15(21)9-11-16;/h8-11H,3-7,12-13,23H2,1-2H3,(H2,24,25,26);1H. The van der Waals surface area contributed by atoms with Gasteiger partial charge in [0.05, 0.1) is 11.4 Å². The number of guanidine groups is 1. The molecule has 0 fully saturated rings. The van der Waals surface area contributed by atoms with Gasteiger partial charge in [-0.1, -0.05) is 19.8 Å². The fraction of sp³-hybridized carbons (Fsp3) is 0.450. The second-order valence-corrected chi connectivity index (χ2v) is 6.44. The van der Waals surface area contributed by atoms with Crippen molar-refractivity contribution < 1.29 is 4.39 Å². The molecular formula is C20H29FIN7. The van der Waals surface area contributed by atoms with E-state index in [1.165, 1.54) is 29.7 Å². The van der Waals surface area contributed by atoms with Gasteiger partial charge in [0, 0.05) is 20.1 Å². The van der Waals surface area contributed by atoms with Crippen molar-refractivity contribution in [2.75, 3.05) is 25.9 Å². The first-order valence-electron chi connectivity index (χ1n) is 9.58. The second-order valence-electron chi connectivity index (χ2n) is 6.44. The quantitative estimate of drug-likeness (QED) is 0.207. The summed E-state index contributed by atoms with van der Waals surface area (Å²) in [7, 11) is 1.74. The fourth-order valence-corrected chi connectivity index (χ4v) is 2.82. The molecule has 2 rings (SSSR count). The summed E-state index contributed by atoms with van der Waals surface area (Å²) in [6.45, 7) is 3.76. The summed E-state index contributed by atoms with van der Waals surface area (Å²) in [5, 5.41) is 20.4. The highest BCUT2D eigenvalue weighted by Gasteiger charge is 2.16. The number of halogens is 2. The lowest BCUT2D eigenvalue weighted by Gasteiger charge is -2.11. The van der Waals surface area contributed by atoms with Gasteiger partial charge in [0.25, 0.3) is 0 Å². The van der Waals surface area contributed by atoms with E-state index in [1.807, 2.05) is 0 Å². The lowest BCUT2D eigenvalue weighted by molar-refractivity contribution is 0.627. The Morgan fingerprint density at radius 1 is 1.21 bits per heavy atom. The second kappa shape index (κ2) is 13.0. The van der Waals surface area contributed by atoms with Crippen molar-refractivity contribution in [2.24, 2.45) is 4.99 Å². The molecule has 1 aromatic carbocycles. The van der Waals surface area contributed by atoms with Crippen LogP contribution in [0.3, 0.4) is 0 Å². The molecular weight excluding hydrogens is 484 g/mol. The van der Waals surface area contributed by atoms with Crippen molar-refractivity contribution in [1.29, 1.82) is 5.26 Å². The Bertz CT molecular complexity index is 825. The molecule has 158 valence electrons. The first-order chi connectivity index (χ1) is 13.6. The number of aryl methyl sites for hydroxylation is 1. The number of nitrogens with one attached hydrogen (secondary N) is 2. The molecule has 29 heavy (non-hydrogen) atoms. The van der Waals surface area contributed by atoms with E-state index < -0.39 is 0 Å². The molecule has 0 atom stereocenters. The van der Waals surface area contributed by atoms with Gasteiger partial charge in [-0.15, -0.1) is 24.0 Å². The average Bonchev–Trinajstić information content (AvgIpc) is 3.02. The van der Waals surface area contributed by atoms with Crippen LogP contribution < -0.4 is 16.4 Å². The van der Waals surface area contributed by atoms with Crippen molar-refractivity contribution in [1.82, 2.24) is 20.4 Å². The zero-order valence-corrected chi connectivity index (χ0v) is 19.2. The molecule has 0 bridgehead atoms. The van der Waals surface area contributed by atoms with Crippen molar-refractivity contribution >= 4 is 35.8 Å². The van der Waals surface area contributed by atoms with Crippen molar-refractivity contribution in [3.8, 4) is 11.8 Å². The van der Waals surface area contributed by atoms with Crippen LogP contribution in [-0.2, 0) is 6.42 Å². The summed E-state index contributed by atoms with van der Waals surface area (Å²) in [5.74, 6) is 0.705. The van der Waals surface area contributed by atoms with Crippen molar-refractivity contribution in [3.05, 3.63) is 41.3 Å². The summed E-state index contributed by atoms with van der Waals surface area (Å²) in [5.41, 5.74) is 7.70. The van der Waals surface area contributed by atoms with E-state index in [9.17, 15) is 9.65 Å². The van der Waals surface area contributed by atoms with Crippen LogP contribution in [0.5, 0.6) is 0 Å². The topological polar surface area (TPSA) is 104 Å². The van der Waals surface area contributed by atoms with Crippen LogP contribution >= 0.6 is 24.0 Å². The van der Waals surface area contributed by atoms with E-state index in [1.54, 1.807) is 19.2 Å². The van der Waals surface area contributed by atoms with Gasteiger partial charge in [-0.3, -0.25) is 4.99 Å². The minimum Gasteiger partial charge on any atom is -0.382 e. The first-order valence-corrected chi connectivity index (χ1v) is 9.58. The van der Waals surface area contributed by atoms with Gasteiger partial charge in [0.1, 0.15) is 23.3 Å².